The molecule has 3 heterocycles. The summed E-state index contributed by atoms with van der Waals surface area (Å²) in [6.45, 7) is 3.70. The molecule has 0 spiro atoms. The van der Waals surface area contributed by atoms with Gasteiger partial charge < -0.3 is 13.9 Å². The van der Waals surface area contributed by atoms with Crippen LogP contribution in [0.5, 0.6) is 5.75 Å². The van der Waals surface area contributed by atoms with Crippen LogP contribution in [0.4, 0.5) is 0 Å². The number of aromatic nitrogens is 1. The van der Waals surface area contributed by atoms with Crippen molar-refractivity contribution in [3.63, 3.8) is 0 Å². The maximum Gasteiger partial charge on any atom is 0.338 e. The van der Waals surface area contributed by atoms with Crippen molar-refractivity contribution >= 4 is 23.4 Å². The molecule has 1 atom stereocenters. The van der Waals surface area contributed by atoms with Crippen molar-refractivity contribution in [2.45, 2.75) is 19.9 Å². The summed E-state index contributed by atoms with van der Waals surface area (Å²) in [7, 11) is 1.60. The lowest BCUT2D eigenvalue weighted by atomic mass is 10.0. The first kappa shape index (κ1) is 19.9. The molecule has 0 fully saturated rings. The second kappa shape index (κ2) is 8.16. The van der Waals surface area contributed by atoms with E-state index in [1.165, 1.54) is 22.2 Å². The lowest BCUT2D eigenvalue weighted by molar-refractivity contribution is -0.139. The van der Waals surface area contributed by atoms with E-state index in [2.05, 4.69) is 4.99 Å². The monoisotopic (exact) mass is 424 g/mol. The van der Waals surface area contributed by atoms with E-state index in [0.29, 0.717) is 26.4 Å². The maximum absolute atomic E-state index is 13.3. The number of fused-ring (bicyclic) bond motifs is 1. The number of nitrogens with zero attached hydrogens (tertiary/aromatic N) is 2. The topological polar surface area (TPSA) is 83.0 Å². The summed E-state index contributed by atoms with van der Waals surface area (Å²) in [5.41, 5.74) is 1.42. The first-order valence-corrected chi connectivity index (χ1v) is 10.2. The summed E-state index contributed by atoms with van der Waals surface area (Å²) in [6.07, 6.45) is 3.31. The van der Waals surface area contributed by atoms with Gasteiger partial charge in [0.1, 0.15) is 17.6 Å². The van der Waals surface area contributed by atoms with Crippen LogP contribution in [0.25, 0.3) is 6.08 Å². The van der Waals surface area contributed by atoms with Crippen LogP contribution < -0.4 is 19.6 Å². The van der Waals surface area contributed by atoms with Gasteiger partial charge in [-0.2, -0.15) is 0 Å². The molecule has 1 aliphatic heterocycles. The molecule has 1 unspecified atom stereocenters. The van der Waals surface area contributed by atoms with Crippen molar-refractivity contribution in [1.82, 2.24) is 4.57 Å². The summed E-state index contributed by atoms with van der Waals surface area (Å²) in [5.74, 6) is 0.704. The quantitative estimate of drug-likeness (QED) is 0.588. The molecule has 0 N–H and O–H groups in total. The molecule has 30 heavy (non-hydrogen) atoms. The Morgan fingerprint density at radius 1 is 1.30 bits per heavy atom. The molecule has 154 valence electrons. The number of hydrogen-bond acceptors (Lipinski definition) is 7. The zero-order valence-corrected chi connectivity index (χ0v) is 17.6. The summed E-state index contributed by atoms with van der Waals surface area (Å²) >= 11 is 1.27. The third-order valence-electron chi connectivity index (χ3n) is 4.74. The van der Waals surface area contributed by atoms with E-state index in [1.807, 2.05) is 24.3 Å². The highest BCUT2D eigenvalue weighted by molar-refractivity contribution is 7.07. The van der Waals surface area contributed by atoms with Crippen molar-refractivity contribution < 1.29 is 18.7 Å². The first-order valence-electron chi connectivity index (χ1n) is 9.40. The Labute approximate surface area is 176 Å². The zero-order valence-electron chi connectivity index (χ0n) is 16.7. The number of carbonyl (C=O) groups is 1. The molecule has 1 aliphatic rings. The Bertz CT molecular complexity index is 1280. The van der Waals surface area contributed by atoms with E-state index < -0.39 is 12.0 Å². The van der Waals surface area contributed by atoms with Crippen molar-refractivity contribution in [2.24, 2.45) is 4.99 Å². The van der Waals surface area contributed by atoms with Gasteiger partial charge in [0.25, 0.3) is 5.56 Å². The predicted octanol–water partition coefficient (Wildman–Crippen LogP) is 2.40. The number of esters is 1. The number of rotatable bonds is 5. The van der Waals surface area contributed by atoms with E-state index in [4.69, 9.17) is 13.9 Å². The Morgan fingerprint density at radius 3 is 2.70 bits per heavy atom. The number of carbonyl (C=O) groups excluding carboxylic acids is 1. The minimum absolute atomic E-state index is 0.225. The molecule has 0 saturated carbocycles. The van der Waals surface area contributed by atoms with Gasteiger partial charge in [-0.15, -0.1) is 0 Å². The van der Waals surface area contributed by atoms with Crippen LogP contribution in [0, 0.1) is 0 Å². The van der Waals surface area contributed by atoms with Gasteiger partial charge in [0.15, 0.2) is 4.80 Å². The zero-order chi connectivity index (χ0) is 21.3. The van der Waals surface area contributed by atoms with Crippen molar-refractivity contribution in [3.8, 4) is 5.75 Å². The fourth-order valence-electron chi connectivity index (χ4n) is 3.36. The van der Waals surface area contributed by atoms with Crippen molar-refractivity contribution in [3.05, 3.63) is 84.9 Å². The molecule has 0 saturated heterocycles. The Kier molecular flexibility index (Phi) is 5.41. The lowest BCUT2D eigenvalue weighted by Crippen LogP contribution is -2.39. The summed E-state index contributed by atoms with van der Waals surface area (Å²) in [4.78, 5) is 31.0. The Balaban J connectivity index is 1.90. The highest BCUT2D eigenvalue weighted by Crippen LogP contribution is 2.30. The fraction of sp³-hybridized carbons (Fsp3) is 0.227. The molecule has 0 amide bonds. The number of thiazole rings is 1. The highest BCUT2D eigenvalue weighted by atomic mass is 32.1. The van der Waals surface area contributed by atoms with Crippen LogP contribution in [-0.4, -0.2) is 24.3 Å². The third kappa shape index (κ3) is 3.50. The van der Waals surface area contributed by atoms with Crippen molar-refractivity contribution in [2.75, 3.05) is 13.7 Å². The third-order valence-corrected chi connectivity index (χ3v) is 5.73. The van der Waals surface area contributed by atoms with Crippen LogP contribution in [0.3, 0.4) is 0 Å². The van der Waals surface area contributed by atoms with E-state index in [1.54, 1.807) is 39.2 Å². The predicted molar refractivity (Wildman–Crippen MR) is 112 cm³/mol. The molecule has 0 radical (unpaired) electrons. The average Bonchev–Trinajstić information content (AvgIpc) is 3.37. The van der Waals surface area contributed by atoms with Gasteiger partial charge in [-0.3, -0.25) is 9.36 Å². The molecule has 0 bridgehead atoms. The number of ether oxygens (including phenoxy) is 2. The molecule has 3 aromatic rings. The Morgan fingerprint density at radius 2 is 2.07 bits per heavy atom. The Hall–Kier alpha value is -3.39. The average molecular weight is 424 g/mol. The molecule has 0 aliphatic carbocycles. The maximum atomic E-state index is 13.3. The van der Waals surface area contributed by atoms with Crippen LogP contribution in [0.15, 0.2) is 68.1 Å². The smallest absolute Gasteiger partial charge is 0.338 e. The van der Waals surface area contributed by atoms with E-state index in [9.17, 15) is 9.59 Å². The van der Waals surface area contributed by atoms with Gasteiger partial charge in [-0.25, -0.2) is 9.79 Å². The van der Waals surface area contributed by atoms with Crippen LogP contribution in [0.2, 0.25) is 0 Å². The van der Waals surface area contributed by atoms with E-state index in [-0.39, 0.29) is 12.2 Å². The van der Waals surface area contributed by atoms with Gasteiger partial charge in [-0.1, -0.05) is 23.5 Å². The summed E-state index contributed by atoms with van der Waals surface area (Å²) in [5, 5.41) is 0. The normalized spacial score (nSPS) is 16.2. The van der Waals surface area contributed by atoms with Crippen LogP contribution in [-0.2, 0) is 9.53 Å². The van der Waals surface area contributed by atoms with Gasteiger partial charge in [0, 0.05) is 0 Å². The van der Waals surface area contributed by atoms with E-state index in [0.717, 1.165) is 11.3 Å². The molecule has 4 rings (SSSR count). The molecular weight excluding hydrogens is 404 g/mol. The minimum atomic E-state index is -0.728. The molecular formula is C22H20N2O5S. The molecule has 1 aromatic carbocycles. The molecule has 2 aromatic heterocycles. The standard InChI is InChI=1S/C22H20N2O5S/c1-4-28-21(26)18-13(2)23-22-24(19(18)16-6-5-11-29-16)20(25)17(30-22)12-14-7-9-15(27-3)10-8-14/h5-12,19H,4H2,1-3H3/b17-12-. The van der Waals surface area contributed by atoms with Gasteiger partial charge >= 0.3 is 5.97 Å². The molecule has 8 heteroatoms. The number of methoxy groups -OCH3 is 1. The second-order valence-corrected chi connectivity index (χ2v) is 7.60. The van der Waals surface area contributed by atoms with Crippen LogP contribution in [0.1, 0.15) is 31.2 Å². The highest BCUT2D eigenvalue weighted by Gasteiger charge is 2.34. The molecule has 7 nitrogen and oxygen atoms in total. The van der Waals surface area contributed by atoms with Gasteiger partial charge in [0.2, 0.25) is 0 Å². The number of allylic oxidation sites excluding steroid dienone is 1. The largest absolute Gasteiger partial charge is 0.497 e. The minimum Gasteiger partial charge on any atom is -0.497 e. The fourth-order valence-corrected chi connectivity index (χ4v) is 4.41. The number of hydrogen-bond donors (Lipinski definition) is 0. The summed E-state index contributed by atoms with van der Waals surface area (Å²) < 4.78 is 18.0. The number of furan rings is 1. The van der Waals surface area contributed by atoms with Gasteiger partial charge in [-0.05, 0) is 49.8 Å². The van der Waals surface area contributed by atoms with Crippen molar-refractivity contribution in [1.29, 1.82) is 0 Å². The van der Waals surface area contributed by atoms with E-state index >= 15 is 0 Å². The van der Waals surface area contributed by atoms with Crippen LogP contribution >= 0.6 is 11.3 Å². The lowest BCUT2D eigenvalue weighted by Gasteiger charge is -2.22. The summed E-state index contributed by atoms with van der Waals surface area (Å²) in [6, 6.07) is 10.1. The second-order valence-electron chi connectivity index (χ2n) is 6.59. The SMILES string of the molecule is CCOC(=O)C1=C(C)N=c2s/c(=C\c3ccc(OC)cc3)c(=O)n2C1c1ccco1. The number of benzene rings is 1. The van der Waals surface area contributed by atoms with Gasteiger partial charge in [0.05, 0.1) is 35.8 Å². The first-order chi connectivity index (χ1) is 14.5.